The predicted octanol–water partition coefficient (Wildman–Crippen LogP) is 5.38. The van der Waals surface area contributed by atoms with E-state index in [2.05, 4.69) is 43.7 Å². The summed E-state index contributed by atoms with van der Waals surface area (Å²) in [6, 6.07) is 9.44. The number of nitrogens with one attached hydrogen (secondary N) is 1. The maximum absolute atomic E-state index is 13.0. The number of hydrogen-bond acceptors (Lipinski definition) is 5. The topological polar surface area (TPSA) is 85.6 Å². The van der Waals surface area contributed by atoms with Crippen molar-refractivity contribution in [3.8, 4) is 22.5 Å². The van der Waals surface area contributed by atoms with Crippen LogP contribution in [0.4, 0.5) is 5.82 Å². The second-order valence-electron chi connectivity index (χ2n) is 9.47. The number of carbonyl (C=O) groups is 1. The number of imidazole rings is 1. The lowest BCUT2D eigenvalue weighted by atomic mass is 9.92. The molecule has 0 saturated heterocycles. The van der Waals surface area contributed by atoms with Crippen LogP contribution in [0.25, 0.3) is 22.5 Å². The molecule has 0 bridgehead atoms. The SMILES string of the molecule is C[C@H](C(=O)Nc1cc(-c2cnc3n2CC(C)(C)C3)c(Cl)cn1)c1ccc(-c2cccnc2)nc1. The molecule has 0 fully saturated rings. The van der Waals surface area contributed by atoms with Gasteiger partial charge >= 0.3 is 0 Å². The maximum atomic E-state index is 13.0. The molecular weight excluding hydrogens is 448 g/mol. The number of nitrogens with zero attached hydrogens (tertiary/aromatic N) is 5. The average Bonchev–Trinajstić information content (AvgIpc) is 3.35. The zero-order chi connectivity index (χ0) is 23.9. The van der Waals surface area contributed by atoms with Crippen molar-refractivity contribution in [3.63, 3.8) is 0 Å². The number of pyridine rings is 3. The molecule has 34 heavy (non-hydrogen) atoms. The minimum absolute atomic E-state index is 0.158. The summed E-state index contributed by atoms with van der Waals surface area (Å²) in [7, 11) is 0. The van der Waals surface area contributed by atoms with Gasteiger partial charge in [0.25, 0.3) is 0 Å². The number of carbonyl (C=O) groups excluding carboxylic acids is 1. The van der Waals surface area contributed by atoms with Gasteiger partial charge in [0.05, 0.1) is 28.5 Å². The van der Waals surface area contributed by atoms with E-state index >= 15 is 0 Å². The molecule has 0 unspecified atom stereocenters. The van der Waals surface area contributed by atoms with E-state index in [1.54, 1.807) is 24.8 Å². The maximum Gasteiger partial charge on any atom is 0.232 e. The first-order valence-corrected chi connectivity index (χ1v) is 11.6. The summed E-state index contributed by atoms with van der Waals surface area (Å²) < 4.78 is 2.20. The second-order valence-corrected chi connectivity index (χ2v) is 9.87. The Bertz CT molecular complexity index is 1350. The van der Waals surface area contributed by atoms with Crippen molar-refractivity contribution < 1.29 is 4.79 Å². The van der Waals surface area contributed by atoms with Gasteiger partial charge in [0.1, 0.15) is 11.6 Å². The van der Waals surface area contributed by atoms with Crippen molar-refractivity contribution in [2.45, 2.75) is 39.7 Å². The highest BCUT2D eigenvalue weighted by Crippen LogP contribution is 2.37. The molecule has 0 spiro atoms. The van der Waals surface area contributed by atoms with E-state index in [4.69, 9.17) is 11.6 Å². The van der Waals surface area contributed by atoms with Gasteiger partial charge in [0.15, 0.2) is 0 Å². The summed E-state index contributed by atoms with van der Waals surface area (Å²) in [4.78, 5) is 30.5. The molecule has 1 N–H and O–H groups in total. The molecular formula is C26H25ClN6O. The number of anilines is 1. The Labute approximate surface area is 203 Å². The lowest BCUT2D eigenvalue weighted by Gasteiger charge is -2.17. The molecule has 4 aromatic rings. The van der Waals surface area contributed by atoms with E-state index in [9.17, 15) is 4.79 Å². The third kappa shape index (κ3) is 4.31. The molecule has 8 heteroatoms. The van der Waals surface area contributed by atoms with Crippen LogP contribution < -0.4 is 5.32 Å². The largest absolute Gasteiger partial charge is 0.327 e. The Morgan fingerprint density at radius 1 is 1.12 bits per heavy atom. The van der Waals surface area contributed by atoms with E-state index < -0.39 is 5.92 Å². The van der Waals surface area contributed by atoms with E-state index in [0.29, 0.717) is 10.8 Å². The van der Waals surface area contributed by atoms with Crippen molar-refractivity contribution in [1.82, 2.24) is 24.5 Å². The van der Waals surface area contributed by atoms with Crippen molar-refractivity contribution in [2.24, 2.45) is 5.41 Å². The number of aromatic nitrogens is 5. The standard InChI is InChI=1S/C26H25ClN6O/c1-16(17-6-7-21(29-12-17)18-5-4-8-28-11-18)25(34)32-23-9-19(20(27)13-30-23)22-14-31-24-10-26(2,3)15-33(22)24/h4-9,11-14,16H,10,15H2,1-3H3,(H,30,32,34)/t16-/m0/s1. The van der Waals surface area contributed by atoms with Crippen molar-refractivity contribution in [3.05, 3.63) is 77.7 Å². The number of rotatable bonds is 5. The zero-order valence-corrected chi connectivity index (χ0v) is 20.0. The first kappa shape index (κ1) is 22.2. The van der Waals surface area contributed by atoms with Gasteiger partial charge in [-0.2, -0.15) is 0 Å². The van der Waals surface area contributed by atoms with Gasteiger partial charge in [-0.05, 0) is 42.2 Å². The fourth-order valence-corrected chi connectivity index (χ4v) is 4.49. The minimum Gasteiger partial charge on any atom is -0.327 e. The van der Waals surface area contributed by atoms with Crippen LogP contribution in [0.15, 0.2) is 61.3 Å². The van der Waals surface area contributed by atoms with Crippen LogP contribution in [-0.2, 0) is 17.8 Å². The summed E-state index contributed by atoms with van der Waals surface area (Å²) in [6.07, 6.45) is 9.55. The molecule has 5 heterocycles. The molecule has 5 rings (SSSR count). The summed E-state index contributed by atoms with van der Waals surface area (Å²) in [5.41, 5.74) is 4.45. The van der Waals surface area contributed by atoms with E-state index in [1.165, 1.54) is 0 Å². The molecule has 0 aromatic carbocycles. The predicted molar refractivity (Wildman–Crippen MR) is 132 cm³/mol. The summed E-state index contributed by atoms with van der Waals surface area (Å²) in [6.45, 7) is 7.17. The lowest BCUT2D eigenvalue weighted by molar-refractivity contribution is -0.117. The first-order chi connectivity index (χ1) is 16.3. The highest BCUT2D eigenvalue weighted by molar-refractivity contribution is 6.33. The Balaban J connectivity index is 1.34. The third-order valence-corrected chi connectivity index (χ3v) is 6.48. The number of halogens is 1. The minimum atomic E-state index is -0.406. The smallest absolute Gasteiger partial charge is 0.232 e. The molecule has 1 aliphatic heterocycles. The third-order valence-electron chi connectivity index (χ3n) is 6.18. The summed E-state index contributed by atoms with van der Waals surface area (Å²) in [5.74, 6) is 0.922. The van der Waals surface area contributed by atoms with Gasteiger partial charge in [-0.15, -0.1) is 0 Å². The van der Waals surface area contributed by atoms with Gasteiger partial charge in [0, 0.05) is 48.9 Å². The van der Waals surface area contributed by atoms with Crippen LogP contribution in [0.1, 0.15) is 38.1 Å². The average molecular weight is 473 g/mol. The van der Waals surface area contributed by atoms with Gasteiger partial charge in [-0.25, -0.2) is 9.97 Å². The number of fused-ring (bicyclic) bond motifs is 1. The van der Waals surface area contributed by atoms with E-state index in [-0.39, 0.29) is 11.3 Å². The monoisotopic (exact) mass is 472 g/mol. The fraction of sp³-hybridized carbons (Fsp3) is 0.269. The molecule has 0 saturated carbocycles. The summed E-state index contributed by atoms with van der Waals surface area (Å²) >= 11 is 6.49. The van der Waals surface area contributed by atoms with Crippen LogP contribution in [0.5, 0.6) is 0 Å². The van der Waals surface area contributed by atoms with Crippen LogP contribution >= 0.6 is 11.6 Å². The van der Waals surface area contributed by atoms with E-state index in [1.807, 2.05) is 43.5 Å². The van der Waals surface area contributed by atoms with Crippen LogP contribution in [0, 0.1) is 5.41 Å². The highest BCUT2D eigenvalue weighted by Gasteiger charge is 2.31. The van der Waals surface area contributed by atoms with E-state index in [0.717, 1.165) is 46.9 Å². The first-order valence-electron chi connectivity index (χ1n) is 11.2. The Kier molecular flexibility index (Phi) is 5.65. The Morgan fingerprint density at radius 2 is 1.97 bits per heavy atom. The highest BCUT2D eigenvalue weighted by atomic mass is 35.5. The Hall–Kier alpha value is -3.58. The zero-order valence-electron chi connectivity index (χ0n) is 19.3. The fourth-order valence-electron chi connectivity index (χ4n) is 4.29. The van der Waals surface area contributed by atoms with Gasteiger partial charge in [-0.3, -0.25) is 14.8 Å². The number of amides is 1. The van der Waals surface area contributed by atoms with Crippen molar-refractivity contribution in [1.29, 1.82) is 0 Å². The number of hydrogen-bond donors (Lipinski definition) is 1. The van der Waals surface area contributed by atoms with Crippen LogP contribution in [0.2, 0.25) is 5.02 Å². The van der Waals surface area contributed by atoms with Gasteiger partial charge in [0.2, 0.25) is 5.91 Å². The molecule has 7 nitrogen and oxygen atoms in total. The molecule has 1 amide bonds. The summed E-state index contributed by atoms with van der Waals surface area (Å²) in [5, 5.41) is 3.45. The lowest BCUT2D eigenvalue weighted by Crippen LogP contribution is -2.19. The normalized spacial score (nSPS) is 15.1. The van der Waals surface area contributed by atoms with Crippen molar-refractivity contribution in [2.75, 3.05) is 5.32 Å². The Morgan fingerprint density at radius 3 is 2.71 bits per heavy atom. The molecule has 1 aliphatic rings. The van der Waals surface area contributed by atoms with Gasteiger partial charge in [-0.1, -0.05) is 31.5 Å². The van der Waals surface area contributed by atoms with Crippen LogP contribution in [-0.4, -0.2) is 30.4 Å². The van der Waals surface area contributed by atoms with Gasteiger partial charge < -0.3 is 9.88 Å². The second kappa shape index (κ2) is 8.65. The molecule has 0 aliphatic carbocycles. The van der Waals surface area contributed by atoms with Crippen LogP contribution in [0.3, 0.4) is 0 Å². The van der Waals surface area contributed by atoms with Crippen molar-refractivity contribution >= 4 is 23.3 Å². The quantitative estimate of drug-likeness (QED) is 0.421. The molecule has 1 atom stereocenters. The molecule has 4 aromatic heterocycles. The molecule has 172 valence electrons. The molecule has 0 radical (unpaired) electrons.